The normalized spacial score (nSPS) is 19.4. The van der Waals surface area contributed by atoms with Crippen molar-refractivity contribution in [3.63, 3.8) is 0 Å². The number of carbonyl (C=O) groups excluding carboxylic acids is 1. The molecule has 4 heteroatoms. The zero-order valence-electron chi connectivity index (χ0n) is 10.9. The molecular formula is C12H24N2OS. The number of rotatable bonds is 2. The van der Waals surface area contributed by atoms with Crippen molar-refractivity contribution in [3.05, 3.63) is 0 Å². The fraction of sp³-hybridized carbons (Fsp3) is 0.917. The zero-order valence-corrected chi connectivity index (χ0v) is 11.7. The molecule has 0 unspecified atom stereocenters. The molecule has 0 aromatic rings. The molecule has 0 aliphatic carbocycles. The minimum atomic E-state index is -0.498. The Balaban J connectivity index is 2.75. The topological polar surface area (TPSA) is 46.3 Å². The van der Waals surface area contributed by atoms with Gasteiger partial charge in [0.2, 0.25) is 5.91 Å². The zero-order chi connectivity index (χ0) is 12.4. The minimum Gasteiger partial charge on any atom is -0.341 e. The number of nitrogens with two attached hydrogens (primary N) is 1. The molecule has 2 N–H and O–H groups in total. The molecule has 1 aliphatic rings. The van der Waals surface area contributed by atoms with Gasteiger partial charge >= 0.3 is 0 Å². The van der Waals surface area contributed by atoms with Crippen LogP contribution in [0.25, 0.3) is 0 Å². The summed E-state index contributed by atoms with van der Waals surface area (Å²) in [6.45, 7) is 9.50. The summed E-state index contributed by atoms with van der Waals surface area (Å²) in [5.41, 5.74) is 5.13. The number of carbonyl (C=O) groups is 1. The Morgan fingerprint density at radius 3 is 2.38 bits per heavy atom. The molecule has 0 bridgehead atoms. The second-order valence-corrected chi connectivity index (χ2v) is 6.83. The number of thioether (sulfide) groups is 1. The summed E-state index contributed by atoms with van der Waals surface area (Å²) < 4.78 is 0. The molecule has 1 saturated heterocycles. The van der Waals surface area contributed by atoms with E-state index in [1.165, 1.54) is 0 Å². The first kappa shape index (κ1) is 13.8. The average molecular weight is 244 g/mol. The molecule has 0 atom stereocenters. The van der Waals surface area contributed by atoms with E-state index >= 15 is 0 Å². The van der Waals surface area contributed by atoms with Gasteiger partial charge in [-0.05, 0) is 39.9 Å². The molecule has 0 saturated carbocycles. The maximum absolute atomic E-state index is 12.5. The molecule has 0 aromatic carbocycles. The largest absolute Gasteiger partial charge is 0.341 e. The Morgan fingerprint density at radius 1 is 1.19 bits per heavy atom. The number of nitrogens with zero attached hydrogens (tertiary/aromatic N) is 1. The molecule has 0 spiro atoms. The lowest BCUT2D eigenvalue weighted by Gasteiger charge is -2.40. The van der Waals surface area contributed by atoms with Crippen molar-refractivity contribution in [3.8, 4) is 0 Å². The Labute approximate surface area is 103 Å². The number of hydrogen-bond donors (Lipinski definition) is 1. The van der Waals surface area contributed by atoms with E-state index < -0.39 is 11.0 Å². The predicted octanol–water partition coefficient (Wildman–Crippen LogP) is 1.72. The molecule has 1 aliphatic heterocycles. The van der Waals surface area contributed by atoms with Crippen LogP contribution in [0.3, 0.4) is 0 Å². The van der Waals surface area contributed by atoms with Crippen LogP contribution < -0.4 is 5.73 Å². The van der Waals surface area contributed by atoms with E-state index in [-0.39, 0.29) is 5.91 Å². The van der Waals surface area contributed by atoms with Crippen LogP contribution in [-0.2, 0) is 4.79 Å². The van der Waals surface area contributed by atoms with Crippen molar-refractivity contribution in [2.45, 2.75) is 39.7 Å². The highest BCUT2D eigenvalue weighted by Crippen LogP contribution is 2.31. The van der Waals surface area contributed by atoms with Gasteiger partial charge in [-0.3, -0.25) is 4.79 Å². The van der Waals surface area contributed by atoms with Crippen molar-refractivity contribution in [2.24, 2.45) is 11.1 Å². The van der Waals surface area contributed by atoms with E-state index in [4.69, 9.17) is 5.73 Å². The fourth-order valence-corrected chi connectivity index (χ4v) is 2.51. The first-order valence-corrected chi connectivity index (χ1v) is 7.08. The summed E-state index contributed by atoms with van der Waals surface area (Å²) >= 11 is 1.93. The molecule has 16 heavy (non-hydrogen) atoms. The van der Waals surface area contributed by atoms with Crippen LogP contribution >= 0.6 is 11.8 Å². The second kappa shape index (κ2) is 4.96. The van der Waals surface area contributed by atoms with Crippen LogP contribution in [0.15, 0.2) is 0 Å². The summed E-state index contributed by atoms with van der Waals surface area (Å²) in [5.74, 6) is 2.41. The van der Waals surface area contributed by atoms with E-state index in [1.807, 2.05) is 44.4 Å². The first-order valence-electron chi connectivity index (χ1n) is 5.93. The molecular weight excluding hydrogens is 220 g/mol. The highest BCUT2D eigenvalue weighted by atomic mass is 32.2. The van der Waals surface area contributed by atoms with Crippen LogP contribution in [0.2, 0.25) is 0 Å². The van der Waals surface area contributed by atoms with Crippen LogP contribution in [0.4, 0.5) is 0 Å². The van der Waals surface area contributed by atoms with Gasteiger partial charge in [-0.15, -0.1) is 0 Å². The third-order valence-corrected chi connectivity index (χ3v) is 4.70. The minimum absolute atomic E-state index is 0.197. The van der Waals surface area contributed by atoms with Gasteiger partial charge in [-0.2, -0.15) is 11.8 Å². The third-order valence-electron chi connectivity index (χ3n) is 3.65. The smallest absolute Gasteiger partial charge is 0.230 e. The molecule has 94 valence electrons. The van der Waals surface area contributed by atoms with Crippen molar-refractivity contribution >= 4 is 17.7 Å². The standard InChI is InChI=1S/C12H24N2OS/c1-11(2,12(3,4)13)10(15)14-6-5-8-16-9-7-14/h5-9,13H2,1-4H3. The molecule has 1 rings (SSSR count). The van der Waals surface area contributed by atoms with Crippen molar-refractivity contribution in [1.29, 1.82) is 0 Å². The molecule has 0 aromatic heterocycles. The summed E-state index contributed by atoms with van der Waals surface area (Å²) in [5, 5.41) is 0. The van der Waals surface area contributed by atoms with Gasteiger partial charge in [0, 0.05) is 24.4 Å². The van der Waals surface area contributed by atoms with Crippen LogP contribution in [-0.4, -0.2) is 40.9 Å². The molecule has 1 fully saturated rings. The summed E-state index contributed by atoms with van der Waals surface area (Å²) in [7, 11) is 0. The van der Waals surface area contributed by atoms with Crippen molar-refractivity contribution in [2.75, 3.05) is 24.6 Å². The summed E-state index contributed by atoms with van der Waals surface area (Å²) in [6.07, 6.45) is 1.09. The number of amides is 1. The van der Waals surface area contributed by atoms with Gasteiger partial charge < -0.3 is 10.6 Å². The van der Waals surface area contributed by atoms with Crippen molar-refractivity contribution in [1.82, 2.24) is 4.90 Å². The number of hydrogen-bond acceptors (Lipinski definition) is 3. The molecule has 0 radical (unpaired) electrons. The van der Waals surface area contributed by atoms with Gasteiger partial charge in [0.05, 0.1) is 5.41 Å². The quantitative estimate of drug-likeness (QED) is 0.804. The van der Waals surface area contributed by atoms with Crippen LogP contribution in [0, 0.1) is 5.41 Å². The lowest BCUT2D eigenvalue weighted by molar-refractivity contribution is -0.143. The summed E-state index contributed by atoms with van der Waals surface area (Å²) in [6, 6.07) is 0. The second-order valence-electron chi connectivity index (χ2n) is 5.60. The Morgan fingerprint density at radius 2 is 1.81 bits per heavy atom. The van der Waals surface area contributed by atoms with E-state index in [9.17, 15) is 4.79 Å². The van der Waals surface area contributed by atoms with Gasteiger partial charge in [0.1, 0.15) is 0 Å². The highest BCUT2D eigenvalue weighted by Gasteiger charge is 2.42. The molecule has 3 nitrogen and oxygen atoms in total. The highest BCUT2D eigenvalue weighted by molar-refractivity contribution is 7.99. The van der Waals surface area contributed by atoms with Gasteiger partial charge in [0.15, 0.2) is 0 Å². The Kier molecular flexibility index (Phi) is 4.29. The maximum atomic E-state index is 12.5. The SMILES string of the molecule is CC(C)(N)C(C)(C)C(=O)N1CCCSCC1. The average Bonchev–Trinajstić information content (AvgIpc) is 2.42. The Hall–Kier alpha value is -0.220. The van der Waals surface area contributed by atoms with Gasteiger partial charge in [-0.25, -0.2) is 0 Å². The summed E-state index contributed by atoms with van der Waals surface area (Å²) in [4.78, 5) is 14.4. The van der Waals surface area contributed by atoms with Crippen LogP contribution in [0.5, 0.6) is 0 Å². The fourth-order valence-electron chi connectivity index (χ4n) is 1.62. The van der Waals surface area contributed by atoms with E-state index in [1.54, 1.807) is 0 Å². The van der Waals surface area contributed by atoms with Gasteiger partial charge in [-0.1, -0.05) is 0 Å². The van der Waals surface area contributed by atoms with Crippen LogP contribution in [0.1, 0.15) is 34.1 Å². The van der Waals surface area contributed by atoms with E-state index in [2.05, 4.69) is 0 Å². The monoisotopic (exact) mass is 244 g/mol. The van der Waals surface area contributed by atoms with Crippen molar-refractivity contribution < 1.29 is 4.79 Å². The lowest BCUT2D eigenvalue weighted by Crippen LogP contribution is -2.56. The Bertz CT molecular complexity index is 250. The lowest BCUT2D eigenvalue weighted by atomic mass is 9.74. The molecule has 1 heterocycles. The predicted molar refractivity (Wildman–Crippen MR) is 70.6 cm³/mol. The van der Waals surface area contributed by atoms with E-state index in [0.717, 1.165) is 31.0 Å². The first-order chi connectivity index (χ1) is 7.27. The van der Waals surface area contributed by atoms with Gasteiger partial charge in [0.25, 0.3) is 0 Å². The van der Waals surface area contributed by atoms with E-state index in [0.29, 0.717) is 0 Å². The molecule has 1 amide bonds. The third kappa shape index (κ3) is 2.92. The maximum Gasteiger partial charge on any atom is 0.230 e.